The second-order valence-corrected chi connectivity index (χ2v) is 12.1. The first kappa shape index (κ1) is 20.4. The molecule has 3 heteroatoms. The van der Waals surface area contributed by atoms with Gasteiger partial charge in [-0.05, 0) is 49.4 Å². The van der Waals surface area contributed by atoms with Crippen molar-refractivity contribution in [3.8, 4) is 0 Å². The van der Waals surface area contributed by atoms with E-state index in [4.69, 9.17) is 9.16 Å². The fourth-order valence-electron chi connectivity index (χ4n) is 4.13. The predicted molar refractivity (Wildman–Crippen MR) is 109 cm³/mol. The maximum absolute atomic E-state index is 6.84. The number of hydrogen-bond acceptors (Lipinski definition) is 2. The summed E-state index contributed by atoms with van der Waals surface area (Å²) in [7, 11) is -1.54. The molecule has 0 bridgehead atoms. The molecule has 1 saturated carbocycles. The van der Waals surface area contributed by atoms with Crippen LogP contribution in [0.15, 0.2) is 42.5 Å². The van der Waals surface area contributed by atoms with E-state index in [1.54, 1.807) is 0 Å². The number of allylic oxidation sites excluding steroid dienone is 1. The zero-order valence-electron chi connectivity index (χ0n) is 16.5. The van der Waals surface area contributed by atoms with Crippen LogP contribution in [0.5, 0.6) is 0 Å². The van der Waals surface area contributed by atoms with Gasteiger partial charge in [0.1, 0.15) is 0 Å². The van der Waals surface area contributed by atoms with Crippen LogP contribution in [0.2, 0.25) is 18.1 Å². The van der Waals surface area contributed by atoms with E-state index >= 15 is 0 Å². The molecular formula is C22H36O2Si. The van der Waals surface area contributed by atoms with Crippen molar-refractivity contribution in [2.24, 2.45) is 11.8 Å². The zero-order chi connectivity index (χ0) is 18.1. The summed E-state index contributed by atoms with van der Waals surface area (Å²) < 4.78 is 12.9. The van der Waals surface area contributed by atoms with Gasteiger partial charge in [-0.1, -0.05) is 63.3 Å². The summed E-state index contributed by atoms with van der Waals surface area (Å²) in [5, 5.41) is 0. The fraction of sp³-hybridized carbons (Fsp3) is 0.636. The first-order valence-electron chi connectivity index (χ1n) is 10.1. The molecule has 2 rings (SSSR count). The van der Waals surface area contributed by atoms with E-state index in [2.05, 4.69) is 70.2 Å². The maximum Gasteiger partial charge on any atom is 0.192 e. The summed E-state index contributed by atoms with van der Waals surface area (Å²) in [6.45, 7) is 10.6. The third-order valence-electron chi connectivity index (χ3n) is 5.99. The monoisotopic (exact) mass is 360 g/mol. The molecule has 1 aliphatic carbocycles. The largest absolute Gasteiger partial charge is 0.413 e. The minimum absolute atomic E-state index is 0.396. The van der Waals surface area contributed by atoms with Gasteiger partial charge in [0.15, 0.2) is 8.32 Å². The first-order valence-corrected chi connectivity index (χ1v) is 12.6. The van der Waals surface area contributed by atoms with Crippen molar-refractivity contribution in [1.29, 1.82) is 0 Å². The van der Waals surface area contributed by atoms with E-state index in [9.17, 15) is 0 Å². The normalized spacial score (nSPS) is 24.2. The minimum atomic E-state index is -1.54. The third kappa shape index (κ3) is 5.53. The Kier molecular flexibility index (Phi) is 8.40. The molecule has 0 amide bonds. The molecule has 0 saturated heterocycles. The molecule has 0 N–H and O–H groups in total. The van der Waals surface area contributed by atoms with Crippen molar-refractivity contribution in [2.45, 2.75) is 71.4 Å². The molecule has 25 heavy (non-hydrogen) atoms. The quantitative estimate of drug-likeness (QED) is 0.365. The summed E-state index contributed by atoms with van der Waals surface area (Å²) in [5.74, 6) is 1.10. The Bertz CT molecular complexity index is 502. The summed E-state index contributed by atoms with van der Waals surface area (Å²) in [6, 6.07) is 14.2. The predicted octanol–water partition coefficient (Wildman–Crippen LogP) is 6.20. The zero-order valence-corrected chi connectivity index (χ0v) is 17.5. The molecule has 3 atom stereocenters. The Hall–Kier alpha value is -0.903. The highest BCUT2D eigenvalue weighted by Crippen LogP contribution is 2.39. The van der Waals surface area contributed by atoms with E-state index in [1.807, 2.05) is 0 Å². The summed E-state index contributed by atoms with van der Waals surface area (Å²) in [4.78, 5) is 0. The van der Waals surface area contributed by atoms with E-state index < -0.39 is 8.32 Å². The molecule has 1 fully saturated rings. The van der Waals surface area contributed by atoms with Gasteiger partial charge in [-0.15, -0.1) is 0 Å². The lowest BCUT2D eigenvalue weighted by Gasteiger charge is -2.34. The molecule has 0 radical (unpaired) electrons. The number of hydrogen-bond donors (Lipinski definition) is 0. The highest BCUT2D eigenvalue weighted by atomic mass is 28.4. The van der Waals surface area contributed by atoms with Gasteiger partial charge in [0, 0.05) is 5.92 Å². The molecular weight excluding hydrogens is 324 g/mol. The lowest BCUT2D eigenvalue weighted by molar-refractivity contribution is 0.0670. The van der Waals surface area contributed by atoms with Gasteiger partial charge >= 0.3 is 0 Å². The Morgan fingerprint density at radius 3 is 2.32 bits per heavy atom. The van der Waals surface area contributed by atoms with Gasteiger partial charge in [-0.2, -0.15) is 0 Å². The van der Waals surface area contributed by atoms with Crippen LogP contribution < -0.4 is 0 Å². The van der Waals surface area contributed by atoms with Gasteiger partial charge in [-0.25, -0.2) is 0 Å². The number of rotatable bonds is 10. The van der Waals surface area contributed by atoms with Crippen LogP contribution in [-0.4, -0.2) is 21.0 Å². The lowest BCUT2D eigenvalue weighted by atomic mass is 9.95. The van der Waals surface area contributed by atoms with Crippen LogP contribution in [0.1, 0.15) is 46.1 Å². The van der Waals surface area contributed by atoms with E-state index in [-0.39, 0.29) is 0 Å². The van der Waals surface area contributed by atoms with Gasteiger partial charge < -0.3 is 9.16 Å². The summed E-state index contributed by atoms with van der Waals surface area (Å²) >= 11 is 0. The molecule has 1 aromatic carbocycles. The molecule has 0 aliphatic heterocycles. The number of benzene rings is 1. The van der Waals surface area contributed by atoms with Crippen molar-refractivity contribution in [1.82, 2.24) is 0 Å². The molecule has 0 aromatic heterocycles. The molecule has 0 spiro atoms. The SMILES string of the molecule is C/C=C/[C@H]1[C@H](COCc2ccccc2)CC[C@H]1O[Si](CC)(CC)CC. The maximum atomic E-state index is 6.84. The van der Waals surface area contributed by atoms with E-state index in [0.29, 0.717) is 24.5 Å². The summed E-state index contributed by atoms with van der Waals surface area (Å²) in [6.07, 6.45) is 7.37. The molecule has 1 aliphatic rings. The van der Waals surface area contributed by atoms with Gasteiger partial charge in [0.05, 0.1) is 19.3 Å². The second kappa shape index (κ2) is 10.3. The topological polar surface area (TPSA) is 18.5 Å². The smallest absolute Gasteiger partial charge is 0.192 e. The summed E-state index contributed by atoms with van der Waals surface area (Å²) in [5.41, 5.74) is 1.25. The number of ether oxygens (including phenoxy) is 1. The molecule has 0 heterocycles. The Morgan fingerprint density at radius 1 is 1.04 bits per heavy atom. The van der Waals surface area contributed by atoms with Gasteiger partial charge in [0.2, 0.25) is 0 Å². The molecule has 140 valence electrons. The molecule has 2 nitrogen and oxygen atoms in total. The standard InChI is InChI=1S/C22H36O2Si/c1-5-12-21-20(18-23-17-19-13-10-9-11-14-19)15-16-22(21)24-25(6-2,7-3)8-4/h5,9-14,20-22H,6-8,15-18H2,1-4H3/b12-5+/t20-,21-,22+/m0/s1. The Morgan fingerprint density at radius 2 is 1.72 bits per heavy atom. The van der Waals surface area contributed by atoms with Crippen LogP contribution in [0.25, 0.3) is 0 Å². The first-order chi connectivity index (χ1) is 12.2. The van der Waals surface area contributed by atoms with Crippen molar-refractivity contribution in [3.63, 3.8) is 0 Å². The molecule has 1 aromatic rings. The average Bonchev–Trinajstić information content (AvgIpc) is 3.02. The lowest BCUT2D eigenvalue weighted by Crippen LogP contribution is -2.41. The van der Waals surface area contributed by atoms with Crippen LogP contribution in [0, 0.1) is 11.8 Å². The second-order valence-electron chi connectivity index (χ2n) is 7.34. The van der Waals surface area contributed by atoms with E-state index in [1.165, 1.54) is 36.5 Å². The van der Waals surface area contributed by atoms with Crippen molar-refractivity contribution in [2.75, 3.05) is 6.61 Å². The van der Waals surface area contributed by atoms with Crippen LogP contribution >= 0.6 is 0 Å². The average molecular weight is 361 g/mol. The third-order valence-corrected chi connectivity index (χ3v) is 10.7. The molecule has 0 unspecified atom stereocenters. The van der Waals surface area contributed by atoms with Crippen LogP contribution in [0.4, 0.5) is 0 Å². The van der Waals surface area contributed by atoms with Crippen LogP contribution in [0.3, 0.4) is 0 Å². The van der Waals surface area contributed by atoms with E-state index in [0.717, 1.165) is 6.61 Å². The van der Waals surface area contributed by atoms with Crippen molar-refractivity contribution >= 4 is 8.32 Å². The van der Waals surface area contributed by atoms with Crippen molar-refractivity contribution in [3.05, 3.63) is 48.0 Å². The Labute approximate surface area is 155 Å². The fourth-order valence-corrected chi connectivity index (χ4v) is 7.04. The van der Waals surface area contributed by atoms with Crippen LogP contribution in [-0.2, 0) is 15.8 Å². The van der Waals surface area contributed by atoms with Crippen molar-refractivity contribution < 1.29 is 9.16 Å². The minimum Gasteiger partial charge on any atom is -0.413 e. The Balaban J connectivity index is 1.93. The van der Waals surface area contributed by atoms with Gasteiger partial charge in [-0.3, -0.25) is 0 Å². The highest BCUT2D eigenvalue weighted by molar-refractivity contribution is 6.73. The van der Waals surface area contributed by atoms with Gasteiger partial charge in [0.25, 0.3) is 0 Å². The highest BCUT2D eigenvalue weighted by Gasteiger charge is 2.40.